The Morgan fingerprint density at radius 3 is 1.96 bits per heavy atom. The molecular formula is C25H34N2O. The van der Waals surface area contributed by atoms with Gasteiger partial charge in [0.25, 0.3) is 0 Å². The maximum absolute atomic E-state index is 13.3. The third-order valence-electron chi connectivity index (χ3n) is 6.41. The van der Waals surface area contributed by atoms with Gasteiger partial charge in [-0.2, -0.15) is 0 Å². The van der Waals surface area contributed by atoms with Crippen LogP contribution in [0, 0.1) is 0 Å². The van der Waals surface area contributed by atoms with Gasteiger partial charge in [0, 0.05) is 25.2 Å². The Kier molecular flexibility index (Phi) is 6.90. The standard InChI is InChI=1S/C25H34N2O/c1-20-12-10-13-21(2)27(20)19-11-18-26-24(28)25(3,22-14-6-4-7-15-22)23-16-8-5-9-17-23/h4-9,14-17,20-21H,10-13,18-19H2,1-3H3,(H,26,28). The lowest BCUT2D eigenvalue weighted by Gasteiger charge is -2.39. The summed E-state index contributed by atoms with van der Waals surface area (Å²) in [6.45, 7) is 8.45. The van der Waals surface area contributed by atoms with Gasteiger partial charge in [-0.1, -0.05) is 67.1 Å². The highest BCUT2D eigenvalue weighted by Gasteiger charge is 2.36. The summed E-state index contributed by atoms with van der Waals surface area (Å²) in [5, 5.41) is 3.22. The van der Waals surface area contributed by atoms with E-state index in [9.17, 15) is 4.79 Å². The number of likely N-dealkylation sites (tertiary alicyclic amines) is 1. The number of hydrogen-bond acceptors (Lipinski definition) is 2. The Balaban J connectivity index is 1.66. The summed E-state index contributed by atoms with van der Waals surface area (Å²) in [7, 11) is 0. The fourth-order valence-corrected chi connectivity index (χ4v) is 4.53. The lowest BCUT2D eigenvalue weighted by atomic mass is 9.75. The zero-order valence-corrected chi connectivity index (χ0v) is 17.5. The third-order valence-corrected chi connectivity index (χ3v) is 6.41. The normalized spacial score (nSPS) is 20.7. The van der Waals surface area contributed by atoms with Crippen LogP contribution in [0.2, 0.25) is 0 Å². The summed E-state index contributed by atoms with van der Waals surface area (Å²) in [6.07, 6.45) is 4.90. The Labute approximate surface area is 170 Å². The van der Waals surface area contributed by atoms with Crippen molar-refractivity contribution >= 4 is 5.91 Å². The topological polar surface area (TPSA) is 32.3 Å². The predicted octanol–water partition coefficient (Wildman–Crippen LogP) is 4.76. The summed E-state index contributed by atoms with van der Waals surface area (Å²) in [5.74, 6) is 0.0737. The molecule has 0 radical (unpaired) electrons. The third kappa shape index (κ3) is 4.47. The molecule has 150 valence electrons. The van der Waals surface area contributed by atoms with Crippen molar-refractivity contribution in [3.05, 3.63) is 71.8 Å². The van der Waals surface area contributed by atoms with Crippen LogP contribution >= 0.6 is 0 Å². The number of rotatable bonds is 7. The molecular weight excluding hydrogens is 344 g/mol. The largest absolute Gasteiger partial charge is 0.355 e. The minimum atomic E-state index is -0.686. The van der Waals surface area contributed by atoms with Crippen molar-refractivity contribution in [2.75, 3.05) is 13.1 Å². The Morgan fingerprint density at radius 2 is 1.46 bits per heavy atom. The molecule has 1 N–H and O–H groups in total. The molecule has 3 heteroatoms. The van der Waals surface area contributed by atoms with Crippen molar-refractivity contribution in [3.8, 4) is 0 Å². The highest BCUT2D eigenvalue weighted by atomic mass is 16.2. The van der Waals surface area contributed by atoms with E-state index in [0.717, 1.165) is 24.1 Å². The highest BCUT2D eigenvalue weighted by molar-refractivity contribution is 5.91. The van der Waals surface area contributed by atoms with Crippen molar-refractivity contribution in [1.82, 2.24) is 10.2 Å². The molecule has 2 unspecified atom stereocenters. The molecule has 2 aromatic carbocycles. The molecule has 1 aliphatic heterocycles. The molecule has 0 bridgehead atoms. The van der Waals surface area contributed by atoms with E-state index >= 15 is 0 Å². The fourth-order valence-electron chi connectivity index (χ4n) is 4.53. The van der Waals surface area contributed by atoms with Gasteiger partial charge in [0.2, 0.25) is 5.91 Å². The average Bonchev–Trinajstić information content (AvgIpc) is 2.73. The number of piperidine rings is 1. The van der Waals surface area contributed by atoms with Gasteiger partial charge < -0.3 is 5.32 Å². The van der Waals surface area contributed by atoms with Crippen LogP contribution in [0.4, 0.5) is 0 Å². The predicted molar refractivity (Wildman–Crippen MR) is 116 cm³/mol. The van der Waals surface area contributed by atoms with Crippen LogP contribution in [0.25, 0.3) is 0 Å². The molecule has 0 aliphatic carbocycles. The van der Waals surface area contributed by atoms with Crippen molar-refractivity contribution in [2.24, 2.45) is 0 Å². The van der Waals surface area contributed by atoms with Gasteiger partial charge in [-0.3, -0.25) is 9.69 Å². The van der Waals surface area contributed by atoms with Crippen molar-refractivity contribution in [1.29, 1.82) is 0 Å². The molecule has 1 heterocycles. The second-order valence-electron chi connectivity index (χ2n) is 8.33. The molecule has 3 nitrogen and oxygen atoms in total. The van der Waals surface area contributed by atoms with Gasteiger partial charge in [-0.25, -0.2) is 0 Å². The monoisotopic (exact) mass is 378 g/mol. The summed E-state index contributed by atoms with van der Waals surface area (Å²) in [4.78, 5) is 15.9. The number of carbonyl (C=O) groups excluding carboxylic acids is 1. The maximum atomic E-state index is 13.3. The van der Waals surface area contributed by atoms with E-state index in [1.807, 2.05) is 67.6 Å². The van der Waals surface area contributed by atoms with Crippen LogP contribution in [-0.2, 0) is 10.2 Å². The van der Waals surface area contributed by atoms with Crippen LogP contribution in [0.1, 0.15) is 57.6 Å². The molecule has 2 atom stereocenters. The van der Waals surface area contributed by atoms with Crippen molar-refractivity contribution < 1.29 is 4.79 Å². The number of nitrogens with zero attached hydrogens (tertiary/aromatic N) is 1. The highest BCUT2D eigenvalue weighted by Crippen LogP contribution is 2.32. The lowest BCUT2D eigenvalue weighted by molar-refractivity contribution is -0.124. The smallest absolute Gasteiger partial charge is 0.234 e. The summed E-state index contributed by atoms with van der Waals surface area (Å²) in [5.41, 5.74) is 1.36. The van der Waals surface area contributed by atoms with Gasteiger partial charge >= 0.3 is 0 Å². The van der Waals surface area contributed by atoms with Crippen LogP contribution in [0.3, 0.4) is 0 Å². The first-order chi connectivity index (χ1) is 13.5. The number of hydrogen-bond donors (Lipinski definition) is 1. The van der Waals surface area contributed by atoms with Gasteiger partial charge in [-0.05, 0) is 51.2 Å². The second kappa shape index (κ2) is 9.38. The van der Waals surface area contributed by atoms with E-state index < -0.39 is 5.41 Å². The van der Waals surface area contributed by atoms with Crippen molar-refractivity contribution in [2.45, 2.75) is 64.0 Å². The quantitative estimate of drug-likeness (QED) is 0.705. The van der Waals surface area contributed by atoms with E-state index in [1.54, 1.807) is 0 Å². The average molecular weight is 379 g/mol. The van der Waals surface area contributed by atoms with Gasteiger partial charge in [0.1, 0.15) is 0 Å². The summed E-state index contributed by atoms with van der Waals surface area (Å²) < 4.78 is 0. The number of benzene rings is 2. The zero-order valence-electron chi connectivity index (χ0n) is 17.5. The molecule has 28 heavy (non-hydrogen) atoms. The van der Waals surface area contributed by atoms with Gasteiger partial charge in [0.05, 0.1) is 5.41 Å². The number of nitrogens with one attached hydrogen (secondary N) is 1. The van der Waals surface area contributed by atoms with E-state index in [0.29, 0.717) is 18.6 Å². The maximum Gasteiger partial charge on any atom is 0.234 e. The fraction of sp³-hybridized carbons (Fsp3) is 0.480. The SMILES string of the molecule is CC1CCCC(C)N1CCCNC(=O)C(C)(c1ccccc1)c1ccccc1. The molecule has 1 saturated heterocycles. The minimum Gasteiger partial charge on any atom is -0.355 e. The van der Waals surface area contributed by atoms with E-state index in [2.05, 4.69) is 24.1 Å². The molecule has 0 aromatic heterocycles. The first-order valence-corrected chi connectivity index (χ1v) is 10.7. The number of amides is 1. The van der Waals surface area contributed by atoms with Crippen molar-refractivity contribution in [3.63, 3.8) is 0 Å². The van der Waals surface area contributed by atoms with Gasteiger partial charge in [0.15, 0.2) is 0 Å². The summed E-state index contributed by atoms with van der Waals surface area (Å²) >= 11 is 0. The minimum absolute atomic E-state index is 0.0737. The molecule has 0 spiro atoms. The van der Waals surface area contributed by atoms with Gasteiger partial charge in [-0.15, -0.1) is 0 Å². The molecule has 1 aliphatic rings. The molecule has 0 saturated carbocycles. The van der Waals surface area contributed by atoms with Crippen LogP contribution in [-0.4, -0.2) is 36.0 Å². The Hall–Kier alpha value is -2.13. The first kappa shape index (κ1) is 20.6. The molecule has 3 rings (SSSR count). The van der Waals surface area contributed by atoms with Crippen LogP contribution < -0.4 is 5.32 Å². The molecule has 1 amide bonds. The van der Waals surface area contributed by atoms with E-state index in [4.69, 9.17) is 0 Å². The second-order valence-corrected chi connectivity index (χ2v) is 8.33. The summed E-state index contributed by atoms with van der Waals surface area (Å²) in [6, 6.07) is 21.5. The first-order valence-electron chi connectivity index (χ1n) is 10.7. The van der Waals surface area contributed by atoms with Crippen LogP contribution in [0.5, 0.6) is 0 Å². The molecule has 1 fully saturated rings. The van der Waals surface area contributed by atoms with E-state index in [1.165, 1.54) is 19.3 Å². The lowest BCUT2D eigenvalue weighted by Crippen LogP contribution is -2.46. The van der Waals surface area contributed by atoms with Crippen LogP contribution in [0.15, 0.2) is 60.7 Å². The zero-order chi connectivity index (χ0) is 20.0. The number of carbonyl (C=O) groups is 1. The Bertz CT molecular complexity index is 694. The molecule has 2 aromatic rings. The Morgan fingerprint density at radius 1 is 0.964 bits per heavy atom. The van der Waals surface area contributed by atoms with E-state index in [-0.39, 0.29) is 5.91 Å².